The Labute approximate surface area is 85.3 Å². The molecule has 0 bridgehead atoms. The van der Waals surface area contributed by atoms with Gasteiger partial charge >= 0.3 is 0 Å². The van der Waals surface area contributed by atoms with Crippen LogP contribution in [0.1, 0.15) is 18.4 Å². The van der Waals surface area contributed by atoms with Crippen molar-refractivity contribution in [1.29, 1.82) is 0 Å². The molecule has 1 saturated carbocycles. The molecule has 1 N–H and O–H groups in total. The van der Waals surface area contributed by atoms with E-state index >= 15 is 0 Å². The third-order valence-corrected chi connectivity index (χ3v) is 2.87. The summed E-state index contributed by atoms with van der Waals surface area (Å²) in [5, 5.41) is 3.52. The summed E-state index contributed by atoms with van der Waals surface area (Å²) >= 11 is 0. The first-order valence-corrected chi connectivity index (χ1v) is 5.18. The van der Waals surface area contributed by atoms with E-state index in [1.807, 2.05) is 6.07 Å². The van der Waals surface area contributed by atoms with Crippen LogP contribution in [-0.2, 0) is 11.3 Å². The molecule has 1 aliphatic carbocycles. The largest absolute Gasteiger partial charge is 0.381 e. The predicted molar refractivity (Wildman–Crippen MR) is 57.1 cm³/mol. The zero-order valence-electron chi connectivity index (χ0n) is 8.57. The molecule has 0 heterocycles. The molecule has 1 aromatic rings. The van der Waals surface area contributed by atoms with Gasteiger partial charge in [-0.3, -0.25) is 0 Å². The summed E-state index contributed by atoms with van der Waals surface area (Å²) in [5.41, 5.74) is 1.35. The average molecular weight is 191 g/mol. The Morgan fingerprint density at radius 3 is 2.64 bits per heavy atom. The predicted octanol–water partition coefficient (Wildman–Crippen LogP) is 1.95. The highest BCUT2D eigenvalue weighted by molar-refractivity contribution is 5.14. The van der Waals surface area contributed by atoms with Gasteiger partial charge in [0.2, 0.25) is 0 Å². The van der Waals surface area contributed by atoms with E-state index in [-0.39, 0.29) is 0 Å². The molecule has 2 heteroatoms. The second-order valence-corrected chi connectivity index (χ2v) is 3.89. The van der Waals surface area contributed by atoms with E-state index in [9.17, 15) is 0 Å². The van der Waals surface area contributed by atoms with E-state index in [0.717, 1.165) is 19.4 Å². The van der Waals surface area contributed by atoms with Crippen LogP contribution in [0.4, 0.5) is 0 Å². The molecule has 0 aliphatic heterocycles. The summed E-state index contributed by atoms with van der Waals surface area (Å²) in [5.74, 6) is 0. The number of rotatable bonds is 4. The van der Waals surface area contributed by atoms with Gasteiger partial charge in [-0.1, -0.05) is 30.3 Å². The van der Waals surface area contributed by atoms with Gasteiger partial charge in [-0.25, -0.2) is 0 Å². The molecule has 2 rings (SSSR count). The highest BCUT2D eigenvalue weighted by atomic mass is 16.5. The molecule has 0 saturated heterocycles. The first kappa shape index (κ1) is 9.69. The lowest BCUT2D eigenvalue weighted by Crippen LogP contribution is -2.44. The Bertz CT molecular complexity index is 267. The van der Waals surface area contributed by atoms with Crippen molar-refractivity contribution in [2.75, 3.05) is 7.11 Å². The van der Waals surface area contributed by atoms with Crippen molar-refractivity contribution in [1.82, 2.24) is 5.32 Å². The SMILES string of the molecule is COC1CC(NCc2ccccc2)C1. The van der Waals surface area contributed by atoms with E-state index in [2.05, 4.69) is 29.6 Å². The Hall–Kier alpha value is -0.860. The lowest BCUT2D eigenvalue weighted by molar-refractivity contribution is 0.0170. The van der Waals surface area contributed by atoms with E-state index in [4.69, 9.17) is 4.74 Å². The maximum Gasteiger partial charge on any atom is 0.0601 e. The normalized spacial score (nSPS) is 25.8. The molecule has 1 fully saturated rings. The van der Waals surface area contributed by atoms with Gasteiger partial charge in [-0.15, -0.1) is 0 Å². The summed E-state index contributed by atoms with van der Waals surface area (Å²) in [4.78, 5) is 0. The van der Waals surface area contributed by atoms with Gasteiger partial charge in [0.15, 0.2) is 0 Å². The van der Waals surface area contributed by atoms with Crippen LogP contribution in [0.15, 0.2) is 30.3 Å². The summed E-state index contributed by atoms with van der Waals surface area (Å²) < 4.78 is 5.23. The number of nitrogens with one attached hydrogen (secondary N) is 1. The van der Waals surface area contributed by atoms with Crippen molar-refractivity contribution < 1.29 is 4.74 Å². The molecule has 0 aromatic heterocycles. The lowest BCUT2D eigenvalue weighted by atomic mass is 9.89. The molecule has 1 aromatic carbocycles. The van der Waals surface area contributed by atoms with Crippen LogP contribution in [-0.4, -0.2) is 19.3 Å². The molecule has 14 heavy (non-hydrogen) atoms. The molecule has 0 atom stereocenters. The number of benzene rings is 1. The standard InChI is InChI=1S/C12H17NO/c1-14-12-7-11(8-12)13-9-10-5-3-2-4-6-10/h2-6,11-13H,7-9H2,1H3. The topological polar surface area (TPSA) is 21.3 Å². The van der Waals surface area contributed by atoms with Gasteiger partial charge in [0.1, 0.15) is 0 Å². The van der Waals surface area contributed by atoms with E-state index in [0.29, 0.717) is 12.1 Å². The Balaban J connectivity index is 1.69. The van der Waals surface area contributed by atoms with Crippen LogP contribution >= 0.6 is 0 Å². The number of methoxy groups -OCH3 is 1. The van der Waals surface area contributed by atoms with Crippen LogP contribution in [0, 0.1) is 0 Å². The number of hydrogen-bond donors (Lipinski definition) is 1. The zero-order chi connectivity index (χ0) is 9.80. The number of ether oxygens (including phenoxy) is 1. The van der Waals surface area contributed by atoms with Crippen molar-refractivity contribution in [2.45, 2.75) is 31.5 Å². The first-order chi connectivity index (χ1) is 6.88. The number of hydrogen-bond acceptors (Lipinski definition) is 2. The fraction of sp³-hybridized carbons (Fsp3) is 0.500. The maximum absolute atomic E-state index is 5.23. The molecule has 76 valence electrons. The van der Waals surface area contributed by atoms with E-state index in [1.54, 1.807) is 7.11 Å². The highest BCUT2D eigenvalue weighted by Gasteiger charge is 2.27. The minimum atomic E-state index is 0.489. The Morgan fingerprint density at radius 2 is 2.00 bits per heavy atom. The second-order valence-electron chi connectivity index (χ2n) is 3.89. The summed E-state index contributed by atoms with van der Waals surface area (Å²) in [6, 6.07) is 11.2. The van der Waals surface area contributed by atoms with Gasteiger partial charge in [-0.2, -0.15) is 0 Å². The van der Waals surface area contributed by atoms with Crippen LogP contribution in [0.25, 0.3) is 0 Å². The second kappa shape index (κ2) is 4.58. The highest BCUT2D eigenvalue weighted by Crippen LogP contribution is 2.22. The van der Waals surface area contributed by atoms with Gasteiger partial charge in [0.25, 0.3) is 0 Å². The van der Waals surface area contributed by atoms with Crippen LogP contribution in [0.2, 0.25) is 0 Å². The van der Waals surface area contributed by atoms with Gasteiger partial charge in [-0.05, 0) is 18.4 Å². The van der Waals surface area contributed by atoms with Gasteiger partial charge < -0.3 is 10.1 Å². The third kappa shape index (κ3) is 2.34. The summed E-state index contributed by atoms with van der Waals surface area (Å²) in [6.07, 6.45) is 2.80. The lowest BCUT2D eigenvalue weighted by Gasteiger charge is -2.34. The smallest absolute Gasteiger partial charge is 0.0601 e. The molecular weight excluding hydrogens is 174 g/mol. The molecule has 2 nitrogen and oxygen atoms in total. The first-order valence-electron chi connectivity index (χ1n) is 5.18. The molecule has 0 spiro atoms. The Kier molecular flexibility index (Phi) is 3.17. The van der Waals surface area contributed by atoms with E-state index < -0.39 is 0 Å². The molecular formula is C12H17NO. The molecule has 0 amide bonds. The quantitative estimate of drug-likeness (QED) is 0.785. The monoisotopic (exact) mass is 191 g/mol. The minimum Gasteiger partial charge on any atom is -0.381 e. The molecule has 0 radical (unpaired) electrons. The zero-order valence-corrected chi connectivity index (χ0v) is 8.57. The third-order valence-electron chi connectivity index (χ3n) is 2.87. The van der Waals surface area contributed by atoms with Crippen molar-refractivity contribution >= 4 is 0 Å². The van der Waals surface area contributed by atoms with Crippen molar-refractivity contribution in [3.63, 3.8) is 0 Å². The fourth-order valence-corrected chi connectivity index (χ4v) is 1.78. The Morgan fingerprint density at radius 1 is 1.29 bits per heavy atom. The van der Waals surface area contributed by atoms with Crippen LogP contribution in [0.5, 0.6) is 0 Å². The van der Waals surface area contributed by atoms with Gasteiger partial charge in [0.05, 0.1) is 6.10 Å². The van der Waals surface area contributed by atoms with Crippen molar-refractivity contribution in [3.05, 3.63) is 35.9 Å². The van der Waals surface area contributed by atoms with Crippen LogP contribution in [0.3, 0.4) is 0 Å². The van der Waals surface area contributed by atoms with E-state index in [1.165, 1.54) is 5.56 Å². The van der Waals surface area contributed by atoms with Crippen LogP contribution < -0.4 is 5.32 Å². The minimum absolute atomic E-state index is 0.489. The molecule has 1 aliphatic rings. The van der Waals surface area contributed by atoms with Crippen molar-refractivity contribution in [3.8, 4) is 0 Å². The van der Waals surface area contributed by atoms with Gasteiger partial charge in [0, 0.05) is 19.7 Å². The van der Waals surface area contributed by atoms with Crippen molar-refractivity contribution in [2.24, 2.45) is 0 Å². The average Bonchev–Trinajstić information content (AvgIpc) is 2.17. The maximum atomic E-state index is 5.23. The molecule has 0 unspecified atom stereocenters. The fourth-order valence-electron chi connectivity index (χ4n) is 1.78. The summed E-state index contributed by atoms with van der Waals surface area (Å²) in [7, 11) is 1.79. The summed E-state index contributed by atoms with van der Waals surface area (Å²) in [6.45, 7) is 0.974.